The molecule has 1 unspecified atom stereocenters. The quantitative estimate of drug-likeness (QED) is 0.884. The van der Waals surface area contributed by atoms with Gasteiger partial charge in [0.25, 0.3) is 5.91 Å². The van der Waals surface area contributed by atoms with Crippen LogP contribution >= 0.6 is 11.6 Å². The summed E-state index contributed by atoms with van der Waals surface area (Å²) in [5.41, 5.74) is -0.0298. The fourth-order valence-corrected chi connectivity index (χ4v) is 3.79. The number of halogens is 1. The molecular weight excluding hydrogens is 346 g/mol. The van der Waals surface area contributed by atoms with Crippen LogP contribution in [-0.4, -0.2) is 54.3 Å². The van der Waals surface area contributed by atoms with Gasteiger partial charge in [0.05, 0.1) is 12.0 Å². The fourth-order valence-electron chi connectivity index (χ4n) is 3.67. The van der Waals surface area contributed by atoms with Crippen molar-refractivity contribution < 1.29 is 24.2 Å². The minimum absolute atomic E-state index is 0.173. The van der Waals surface area contributed by atoms with E-state index in [9.17, 15) is 14.7 Å². The van der Waals surface area contributed by atoms with E-state index in [4.69, 9.17) is 21.1 Å². The molecule has 2 saturated heterocycles. The Morgan fingerprint density at radius 3 is 2.88 bits per heavy atom. The summed E-state index contributed by atoms with van der Waals surface area (Å²) in [4.78, 5) is 26.2. The van der Waals surface area contributed by atoms with Crippen LogP contribution < -0.4 is 4.74 Å². The van der Waals surface area contributed by atoms with E-state index in [0.717, 1.165) is 5.56 Å². The van der Waals surface area contributed by atoms with Crippen molar-refractivity contribution in [3.63, 3.8) is 0 Å². The average molecular weight is 368 g/mol. The largest absolute Gasteiger partial charge is 0.481 e. The average Bonchev–Trinajstić information content (AvgIpc) is 2.98. The smallest absolute Gasteiger partial charge is 0.311 e. The first kappa shape index (κ1) is 18.0. The molecule has 2 aliphatic heterocycles. The monoisotopic (exact) mass is 367 g/mol. The summed E-state index contributed by atoms with van der Waals surface area (Å²) in [5, 5.41) is 10.3. The molecule has 0 radical (unpaired) electrons. The minimum Gasteiger partial charge on any atom is -0.481 e. The number of fused-ring (bicyclic) bond motifs is 1. The van der Waals surface area contributed by atoms with Crippen molar-refractivity contribution in [2.45, 2.75) is 26.4 Å². The molecule has 136 valence electrons. The maximum Gasteiger partial charge on any atom is 0.311 e. The third kappa shape index (κ3) is 3.33. The molecular formula is C18H22ClNO5. The first-order valence-corrected chi connectivity index (χ1v) is 8.74. The van der Waals surface area contributed by atoms with Gasteiger partial charge in [-0.25, -0.2) is 0 Å². The second kappa shape index (κ2) is 6.84. The maximum atomic E-state index is 12.8. The summed E-state index contributed by atoms with van der Waals surface area (Å²) in [6.45, 7) is 4.94. The van der Waals surface area contributed by atoms with Crippen LogP contribution in [0.2, 0.25) is 5.02 Å². The van der Waals surface area contributed by atoms with Crippen LogP contribution in [0, 0.1) is 18.3 Å². The topological polar surface area (TPSA) is 76.1 Å². The molecule has 6 nitrogen and oxygen atoms in total. The predicted molar refractivity (Wildman–Crippen MR) is 91.9 cm³/mol. The van der Waals surface area contributed by atoms with Gasteiger partial charge in [-0.2, -0.15) is 0 Å². The molecule has 0 bridgehead atoms. The van der Waals surface area contributed by atoms with Gasteiger partial charge in [-0.1, -0.05) is 11.6 Å². The van der Waals surface area contributed by atoms with Gasteiger partial charge in [-0.3, -0.25) is 9.59 Å². The van der Waals surface area contributed by atoms with Gasteiger partial charge in [0.1, 0.15) is 5.75 Å². The number of carbonyl (C=O) groups excluding carboxylic acids is 1. The first-order chi connectivity index (χ1) is 11.8. The Balaban J connectivity index is 1.70. The van der Waals surface area contributed by atoms with Gasteiger partial charge >= 0.3 is 5.97 Å². The second-order valence-corrected chi connectivity index (χ2v) is 7.28. The minimum atomic E-state index is -0.898. The zero-order valence-electron chi connectivity index (χ0n) is 14.3. The molecule has 1 aromatic carbocycles. The van der Waals surface area contributed by atoms with Crippen molar-refractivity contribution in [3.05, 3.63) is 28.8 Å². The molecule has 7 heteroatoms. The Morgan fingerprint density at radius 1 is 1.48 bits per heavy atom. The summed E-state index contributed by atoms with van der Waals surface area (Å²) in [6.07, 6.45) is -0.268. The lowest BCUT2D eigenvalue weighted by Gasteiger charge is -2.33. The molecule has 2 heterocycles. The van der Waals surface area contributed by atoms with Crippen molar-refractivity contribution in [2.75, 3.05) is 26.3 Å². The van der Waals surface area contributed by atoms with Crippen LogP contribution in [0.1, 0.15) is 18.9 Å². The zero-order valence-corrected chi connectivity index (χ0v) is 15.1. The first-order valence-electron chi connectivity index (χ1n) is 8.36. The third-order valence-electron chi connectivity index (χ3n) is 5.23. The normalized spacial score (nSPS) is 26.8. The maximum absolute atomic E-state index is 12.8. The molecule has 0 spiro atoms. The molecule has 2 aliphatic rings. The predicted octanol–water partition coefficient (Wildman–Crippen LogP) is 2.37. The summed E-state index contributed by atoms with van der Waals surface area (Å²) >= 11 is 6.00. The molecule has 25 heavy (non-hydrogen) atoms. The van der Waals surface area contributed by atoms with Crippen LogP contribution in [0.25, 0.3) is 0 Å². The van der Waals surface area contributed by atoms with Crippen LogP contribution in [-0.2, 0) is 14.3 Å². The third-order valence-corrected chi connectivity index (χ3v) is 5.66. The number of benzene rings is 1. The van der Waals surface area contributed by atoms with E-state index in [1.165, 1.54) is 0 Å². The number of hydrogen-bond donors (Lipinski definition) is 1. The van der Waals surface area contributed by atoms with Crippen LogP contribution in [0.4, 0.5) is 0 Å². The van der Waals surface area contributed by atoms with Gasteiger partial charge < -0.3 is 19.5 Å². The standard InChI is InChI=1S/C18H22ClNO5/c1-11-7-14(3-4-15(11)19)25-12(2)16(21)20-8-13-9-24-6-5-18(13,10-20)17(22)23/h3-4,7,12-13H,5-6,8-10H2,1-2H3,(H,22,23)/t12?,13-,18+/m0/s1. The number of hydrogen-bond acceptors (Lipinski definition) is 4. The lowest BCUT2D eigenvalue weighted by molar-refractivity contribution is -0.157. The van der Waals surface area contributed by atoms with E-state index in [-0.39, 0.29) is 18.4 Å². The molecule has 0 aliphatic carbocycles. The molecule has 0 saturated carbocycles. The van der Waals surface area contributed by atoms with Crippen molar-refractivity contribution in [1.82, 2.24) is 4.90 Å². The van der Waals surface area contributed by atoms with E-state index >= 15 is 0 Å². The summed E-state index contributed by atoms with van der Waals surface area (Å²) < 4.78 is 11.2. The number of rotatable bonds is 4. The van der Waals surface area contributed by atoms with Crippen molar-refractivity contribution >= 4 is 23.5 Å². The summed E-state index contributed by atoms with van der Waals surface area (Å²) in [5.74, 6) is -0.663. The number of carboxylic acid groups (broad SMARTS) is 1. The van der Waals surface area contributed by atoms with Crippen molar-refractivity contribution in [1.29, 1.82) is 0 Å². The number of ether oxygens (including phenoxy) is 2. The second-order valence-electron chi connectivity index (χ2n) is 6.87. The van der Waals surface area contributed by atoms with Gasteiger partial charge in [0.15, 0.2) is 6.10 Å². The number of carboxylic acids is 1. The Hall–Kier alpha value is -1.79. The van der Waals surface area contributed by atoms with E-state index in [2.05, 4.69) is 0 Å². The molecule has 1 amide bonds. The highest BCUT2D eigenvalue weighted by atomic mass is 35.5. The van der Waals surface area contributed by atoms with Gasteiger partial charge in [-0.15, -0.1) is 0 Å². The Bertz CT molecular complexity index is 694. The van der Waals surface area contributed by atoms with Crippen LogP contribution in [0.5, 0.6) is 5.75 Å². The number of carbonyl (C=O) groups is 2. The molecule has 1 aromatic rings. The SMILES string of the molecule is Cc1cc(OC(C)C(=O)N2C[C@H]3COCC[C@@]3(C(=O)O)C2)ccc1Cl. The lowest BCUT2D eigenvalue weighted by atomic mass is 9.74. The number of aryl methyl sites for hydroxylation is 1. The highest BCUT2D eigenvalue weighted by molar-refractivity contribution is 6.31. The number of amides is 1. The summed E-state index contributed by atoms with van der Waals surface area (Å²) in [6, 6.07) is 5.22. The van der Waals surface area contributed by atoms with E-state index in [1.807, 2.05) is 6.92 Å². The van der Waals surface area contributed by atoms with E-state index in [1.54, 1.807) is 30.0 Å². The summed E-state index contributed by atoms with van der Waals surface area (Å²) in [7, 11) is 0. The highest BCUT2D eigenvalue weighted by Gasteiger charge is 2.55. The van der Waals surface area contributed by atoms with Crippen LogP contribution in [0.15, 0.2) is 18.2 Å². The van der Waals surface area contributed by atoms with Crippen LogP contribution in [0.3, 0.4) is 0 Å². The van der Waals surface area contributed by atoms with Gasteiger partial charge in [0, 0.05) is 30.6 Å². The van der Waals surface area contributed by atoms with Crippen molar-refractivity contribution in [3.8, 4) is 5.75 Å². The molecule has 0 aromatic heterocycles. The number of likely N-dealkylation sites (tertiary alicyclic amines) is 1. The van der Waals surface area contributed by atoms with E-state index in [0.29, 0.717) is 37.0 Å². The fraction of sp³-hybridized carbons (Fsp3) is 0.556. The molecule has 3 atom stereocenters. The van der Waals surface area contributed by atoms with E-state index < -0.39 is 17.5 Å². The number of aliphatic carboxylic acids is 1. The van der Waals surface area contributed by atoms with Gasteiger partial charge in [0.2, 0.25) is 0 Å². The Kier molecular flexibility index (Phi) is 4.93. The molecule has 3 rings (SSSR count). The molecule has 2 fully saturated rings. The van der Waals surface area contributed by atoms with Gasteiger partial charge in [-0.05, 0) is 44.0 Å². The Labute approximate surface area is 151 Å². The zero-order chi connectivity index (χ0) is 18.2. The number of nitrogens with zero attached hydrogens (tertiary/aromatic N) is 1. The Morgan fingerprint density at radius 2 is 2.24 bits per heavy atom. The van der Waals surface area contributed by atoms with Crippen molar-refractivity contribution in [2.24, 2.45) is 11.3 Å². The lowest BCUT2D eigenvalue weighted by Crippen LogP contribution is -2.45. The molecule has 1 N–H and O–H groups in total. The highest BCUT2D eigenvalue weighted by Crippen LogP contribution is 2.42.